The highest BCUT2D eigenvalue weighted by Crippen LogP contribution is 2.61. The Morgan fingerprint density at radius 1 is 0.649 bits per heavy atom. The molecule has 2 fully saturated rings. The van der Waals surface area contributed by atoms with Crippen LogP contribution in [0.4, 0.5) is 0 Å². The van der Waals surface area contributed by atoms with Crippen molar-refractivity contribution in [3.8, 4) is 6.07 Å². The van der Waals surface area contributed by atoms with E-state index in [2.05, 4.69) is 171 Å². The van der Waals surface area contributed by atoms with Crippen LogP contribution in [0.25, 0.3) is 17.3 Å². The molecule has 6 heterocycles. The number of aromatic nitrogens is 1. The number of thioether (sulfide) groups is 3. The first-order valence-corrected chi connectivity index (χ1v) is 32.2. The maximum Gasteiger partial charge on any atom is 0.0710 e. The van der Waals surface area contributed by atoms with Gasteiger partial charge in [0.1, 0.15) is 0 Å². The predicted octanol–water partition coefficient (Wildman–Crippen LogP) is 14.5. The molecule has 0 bridgehead atoms. The van der Waals surface area contributed by atoms with Crippen LogP contribution in [0.1, 0.15) is 125 Å². The summed E-state index contributed by atoms with van der Waals surface area (Å²) in [6.07, 6.45) is 67.0. The molecule has 2 N–H and O–H groups in total. The van der Waals surface area contributed by atoms with E-state index in [-0.39, 0.29) is 30.1 Å². The molecule has 1 saturated heterocycles. The largest absolute Gasteiger partial charge is 0.362 e. The molecular weight excluding hydrogens is 959 g/mol. The molecule has 17 unspecified atom stereocenters. The highest BCUT2D eigenvalue weighted by atomic mass is 32.2. The van der Waals surface area contributed by atoms with Crippen molar-refractivity contribution < 1.29 is 0 Å². The monoisotopic (exact) mass is 1030 g/mol. The van der Waals surface area contributed by atoms with Crippen LogP contribution in [0.15, 0.2) is 135 Å². The van der Waals surface area contributed by atoms with E-state index in [9.17, 15) is 5.26 Å². The fraction of sp³-hybridized carbons (Fsp3) is 0.530. The molecule has 0 amide bonds. The lowest BCUT2D eigenvalue weighted by atomic mass is 9.71. The number of hydrogen-bond acceptors (Lipinski definition) is 7. The Balaban J connectivity index is 0.856. The van der Waals surface area contributed by atoms with Crippen molar-refractivity contribution in [3.05, 3.63) is 157 Å². The van der Waals surface area contributed by atoms with E-state index in [0.717, 1.165) is 81.3 Å². The van der Waals surface area contributed by atoms with E-state index in [0.29, 0.717) is 52.2 Å². The summed E-state index contributed by atoms with van der Waals surface area (Å²) in [7, 11) is 0. The van der Waals surface area contributed by atoms with Gasteiger partial charge >= 0.3 is 0 Å². The normalized spacial score (nSPS) is 41.8. The van der Waals surface area contributed by atoms with Gasteiger partial charge in [0.15, 0.2) is 0 Å². The highest BCUT2D eigenvalue weighted by Gasteiger charge is 2.54. The molecule has 5 nitrogen and oxygen atoms in total. The third kappa shape index (κ3) is 7.30. The zero-order chi connectivity index (χ0) is 48.6. The van der Waals surface area contributed by atoms with Crippen molar-refractivity contribution in [3.63, 3.8) is 0 Å². The molecule has 17 atom stereocenters. The first kappa shape index (κ1) is 46.3. The number of rotatable bonds is 5. The van der Waals surface area contributed by atoms with Crippen LogP contribution in [0, 0.1) is 64.6 Å². The number of fused-ring (bicyclic) bond motifs is 14. The molecule has 1 aromatic rings. The quantitative estimate of drug-likeness (QED) is 0.285. The molecule has 74 heavy (non-hydrogen) atoms. The van der Waals surface area contributed by atoms with Crippen LogP contribution in [-0.2, 0) is 12.8 Å². The van der Waals surface area contributed by atoms with E-state index in [1.54, 1.807) is 42.7 Å². The number of hydrogen-bond donors (Lipinski definition) is 2. The summed E-state index contributed by atoms with van der Waals surface area (Å²) in [6.45, 7) is 0. The van der Waals surface area contributed by atoms with E-state index >= 15 is 0 Å². The molecule has 16 rings (SSSR count). The fourth-order valence-electron chi connectivity index (χ4n) is 17.9. The van der Waals surface area contributed by atoms with Gasteiger partial charge in [-0.25, -0.2) is 0 Å². The highest BCUT2D eigenvalue weighted by molar-refractivity contribution is 8.04. The Bertz CT molecular complexity index is 3010. The number of nitrogens with zero attached hydrogens (tertiary/aromatic N) is 3. The third-order valence-corrected chi connectivity index (χ3v) is 25.6. The first-order valence-electron chi connectivity index (χ1n) is 29.6. The zero-order valence-corrected chi connectivity index (χ0v) is 45.5. The van der Waals surface area contributed by atoms with Crippen molar-refractivity contribution in [2.75, 3.05) is 0 Å². The lowest BCUT2D eigenvalue weighted by molar-refractivity contribution is 0.145. The van der Waals surface area contributed by atoms with Gasteiger partial charge < -0.3 is 9.47 Å². The van der Waals surface area contributed by atoms with Crippen LogP contribution in [0.2, 0.25) is 0 Å². The maximum atomic E-state index is 12.0. The second-order valence-corrected chi connectivity index (χ2v) is 28.6. The molecule has 0 aromatic carbocycles. The molecule has 5 aliphatic heterocycles. The number of nitriles is 1. The number of allylic oxidation sites excluding steroid dienone is 16. The van der Waals surface area contributed by atoms with Crippen molar-refractivity contribution in [2.45, 2.75) is 162 Å². The van der Waals surface area contributed by atoms with E-state index in [4.69, 9.17) is 0 Å². The molecule has 1 aromatic heterocycles. The average molecular weight is 1030 g/mol. The van der Waals surface area contributed by atoms with Gasteiger partial charge in [0.05, 0.1) is 29.9 Å². The van der Waals surface area contributed by atoms with Gasteiger partial charge in [-0.15, -0.1) is 35.3 Å². The predicted molar refractivity (Wildman–Crippen MR) is 310 cm³/mol. The standard InChI is InChI=1S/C66H73N5S3/c67-37-40-34-49(51-31-30-50(68-66(69-51)38-14-2-1-3-15-38)39-26-27-44-43-18-6-11-23-56(43)74-61(44)35-39)55(71-53-22-10-5-17-42(53)46-29-33-60-63(65(46)71)48-20-8-13-25-58(48)73-60)36-54(40)70-52-21-9-4-16-41(52)45-28-32-59-62(64(45)70)47-19-7-12-24-57(47)72-59/h1-2,4,7-8,10,13,16,19-20,22-23,25,28,30-32,36,38-41,43-44,48-52,54,58-59,61-62,66,68-69H,3,5-6,9,11-12,14-15,17-18,21,24,26-27,29,33-35H2. The molecule has 15 aliphatic rings. The number of nitrogens with one attached hydrogen (secondary N) is 2. The van der Waals surface area contributed by atoms with Crippen molar-refractivity contribution >= 4 is 52.6 Å². The minimum atomic E-state index is -0.146. The second kappa shape index (κ2) is 18.7. The van der Waals surface area contributed by atoms with Gasteiger partial charge in [-0.05, 0) is 194 Å². The van der Waals surface area contributed by atoms with Gasteiger partial charge in [0.2, 0.25) is 0 Å². The molecule has 1 saturated carbocycles. The van der Waals surface area contributed by atoms with Crippen LogP contribution in [-0.4, -0.2) is 55.5 Å². The Labute approximate surface area is 453 Å². The lowest BCUT2D eigenvalue weighted by Crippen LogP contribution is -2.56. The Morgan fingerprint density at radius 2 is 1.54 bits per heavy atom. The summed E-state index contributed by atoms with van der Waals surface area (Å²) < 4.78 is 2.88. The maximum absolute atomic E-state index is 12.0. The summed E-state index contributed by atoms with van der Waals surface area (Å²) >= 11 is 6.57. The van der Waals surface area contributed by atoms with E-state index < -0.39 is 0 Å². The molecule has 0 spiro atoms. The van der Waals surface area contributed by atoms with Crippen LogP contribution >= 0.6 is 35.3 Å². The SMILES string of the molecule is N#CC1CC(C2C=CC(C3CCC4C(C3)SC3=CCCCC34)NC(C3CC=CCC3)N2)C(n2c3c(c4c2C2=C(CC4)SC4C=CC=CC24)CCC=C3)=CC1N1C2=C(C=CC3SC4=C(C=CCC4)C23)C2C=CCCC21. The van der Waals surface area contributed by atoms with Gasteiger partial charge in [-0.1, -0.05) is 97.2 Å². The molecular formula is C66H73N5S3. The fourth-order valence-corrected chi connectivity index (χ4v) is 22.6. The minimum absolute atomic E-state index is 0.0218. The third-order valence-electron chi connectivity index (χ3n) is 21.1. The Kier molecular flexibility index (Phi) is 11.7. The summed E-state index contributed by atoms with van der Waals surface area (Å²) in [5.74, 6) is 3.94. The van der Waals surface area contributed by atoms with Crippen molar-refractivity contribution in [1.29, 1.82) is 5.26 Å². The average Bonchev–Trinajstić information content (AvgIpc) is 4.27. The Morgan fingerprint density at radius 3 is 2.49 bits per heavy atom. The van der Waals surface area contributed by atoms with Gasteiger partial charge in [0, 0.05) is 74.6 Å². The van der Waals surface area contributed by atoms with Crippen molar-refractivity contribution in [1.82, 2.24) is 20.1 Å². The summed E-state index contributed by atoms with van der Waals surface area (Å²) in [6, 6.07) is 3.92. The molecule has 8 heteroatoms. The van der Waals surface area contributed by atoms with Gasteiger partial charge in [0.25, 0.3) is 0 Å². The van der Waals surface area contributed by atoms with Crippen LogP contribution in [0.3, 0.4) is 0 Å². The summed E-state index contributed by atoms with van der Waals surface area (Å²) in [4.78, 5) is 7.90. The van der Waals surface area contributed by atoms with Gasteiger partial charge in [-0.3, -0.25) is 10.6 Å². The van der Waals surface area contributed by atoms with Gasteiger partial charge in [-0.2, -0.15) is 5.26 Å². The summed E-state index contributed by atoms with van der Waals surface area (Å²) in [5, 5.41) is 22.6. The molecule has 0 radical (unpaired) electrons. The Hall–Kier alpha value is -3.84. The zero-order valence-electron chi connectivity index (χ0n) is 43.0. The van der Waals surface area contributed by atoms with Crippen LogP contribution < -0.4 is 10.6 Å². The smallest absolute Gasteiger partial charge is 0.0710 e. The topological polar surface area (TPSA) is 56.0 Å². The second-order valence-electron chi connectivity index (χ2n) is 24.8. The van der Waals surface area contributed by atoms with Crippen molar-refractivity contribution in [2.24, 2.45) is 53.3 Å². The lowest BCUT2D eigenvalue weighted by Gasteiger charge is -2.47. The summed E-state index contributed by atoms with van der Waals surface area (Å²) in [5.41, 5.74) is 13.9. The van der Waals surface area contributed by atoms with E-state index in [1.807, 2.05) is 0 Å². The molecule has 380 valence electrons. The first-order chi connectivity index (χ1) is 36.6. The van der Waals surface area contributed by atoms with Crippen LogP contribution in [0.5, 0.6) is 0 Å². The van der Waals surface area contributed by atoms with E-state index in [1.165, 1.54) is 74.0 Å². The molecule has 10 aliphatic carbocycles. The minimum Gasteiger partial charge on any atom is -0.362 e.